The number of nitrogens with one attached hydrogen (secondary N) is 1. The molecule has 2 aliphatic heterocycles. The maximum Gasteiger partial charge on any atom is 0.416 e. The van der Waals surface area contributed by atoms with Gasteiger partial charge in [0.05, 0.1) is 29.0 Å². The van der Waals surface area contributed by atoms with Crippen LogP contribution in [0.2, 0.25) is 0 Å². The third-order valence-electron chi connectivity index (χ3n) is 7.74. The van der Waals surface area contributed by atoms with E-state index in [0.29, 0.717) is 23.1 Å². The highest BCUT2D eigenvalue weighted by molar-refractivity contribution is 6.05. The van der Waals surface area contributed by atoms with Gasteiger partial charge in [0.1, 0.15) is 0 Å². The molecule has 0 bridgehead atoms. The average molecular weight is 605 g/mol. The molecule has 7 nitrogen and oxygen atoms in total. The Bertz CT molecular complexity index is 1640. The van der Waals surface area contributed by atoms with Crippen molar-refractivity contribution in [3.8, 4) is 0 Å². The molecular weight excluding hydrogens is 569 g/mol. The summed E-state index contributed by atoms with van der Waals surface area (Å²) >= 11 is 0. The van der Waals surface area contributed by atoms with E-state index in [1.165, 1.54) is 24.0 Å². The summed E-state index contributed by atoms with van der Waals surface area (Å²) in [6.45, 7) is 9.69. The number of ketones is 2. The first-order chi connectivity index (χ1) is 20.6. The third kappa shape index (κ3) is 6.60. The predicted molar refractivity (Wildman–Crippen MR) is 161 cm³/mol. The fourth-order valence-electron chi connectivity index (χ4n) is 5.61. The zero-order chi connectivity index (χ0) is 32.0. The zero-order valence-electron chi connectivity index (χ0n) is 25.3. The first-order valence-electron chi connectivity index (χ1n) is 14.4. The van der Waals surface area contributed by atoms with E-state index in [-0.39, 0.29) is 46.5 Å². The number of halogens is 3. The van der Waals surface area contributed by atoms with Crippen LogP contribution in [-0.2, 0) is 17.5 Å². The summed E-state index contributed by atoms with van der Waals surface area (Å²) in [5.74, 6) is -0.371. The Morgan fingerprint density at radius 1 is 1.02 bits per heavy atom. The van der Waals surface area contributed by atoms with Gasteiger partial charge in [0.25, 0.3) is 0 Å². The Morgan fingerprint density at radius 3 is 2.32 bits per heavy atom. The van der Waals surface area contributed by atoms with Gasteiger partial charge in [-0.15, -0.1) is 0 Å². The number of anilines is 1. The number of nitrogens with zero attached hydrogens (tertiary/aromatic N) is 3. The number of benzene rings is 2. The molecule has 3 heterocycles. The minimum absolute atomic E-state index is 0.00749. The number of hydrogen-bond acceptors (Lipinski definition) is 5. The lowest BCUT2D eigenvalue weighted by atomic mass is 9.87. The summed E-state index contributed by atoms with van der Waals surface area (Å²) in [5, 5.41) is 3.19. The number of rotatable bonds is 8. The number of Topliss-reactive ketones (excluding diaryl/α,β-unsaturated/α-hetero) is 2. The number of carbonyl (C=O) groups is 3. The lowest BCUT2D eigenvalue weighted by Crippen LogP contribution is -2.50. The van der Waals surface area contributed by atoms with E-state index in [2.05, 4.69) is 10.3 Å². The molecule has 2 unspecified atom stereocenters. The summed E-state index contributed by atoms with van der Waals surface area (Å²) in [6, 6.07) is 13.8. The van der Waals surface area contributed by atoms with Crippen LogP contribution in [0, 0.1) is 5.41 Å². The van der Waals surface area contributed by atoms with Crippen molar-refractivity contribution < 1.29 is 27.6 Å². The molecular formula is C34H35F3N4O3. The van der Waals surface area contributed by atoms with Crippen molar-refractivity contribution in [3.63, 3.8) is 0 Å². The quantitative estimate of drug-likeness (QED) is 0.214. The maximum absolute atomic E-state index is 14.4. The smallest absolute Gasteiger partial charge is 0.308 e. The average Bonchev–Trinajstić information content (AvgIpc) is 3.79. The lowest BCUT2D eigenvalue weighted by Gasteiger charge is -2.43. The monoisotopic (exact) mass is 604 g/mol. The lowest BCUT2D eigenvalue weighted by molar-refractivity contribution is -0.137. The molecule has 1 saturated heterocycles. The van der Waals surface area contributed by atoms with Crippen LogP contribution in [0.1, 0.15) is 85.9 Å². The van der Waals surface area contributed by atoms with Gasteiger partial charge < -0.3 is 10.2 Å². The number of allylic oxidation sites excluding steroid dienone is 1. The van der Waals surface area contributed by atoms with E-state index >= 15 is 0 Å². The van der Waals surface area contributed by atoms with E-state index in [0.717, 1.165) is 29.3 Å². The van der Waals surface area contributed by atoms with Gasteiger partial charge in [-0.3, -0.25) is 19.5 Å². The Hall–Kier alpha value is -4.31. The van der Waals surface area contributed by atoms with Gasteiger partial charge in [-0.2, -0.15) is 13.2 Å². The van der Waals surface area contributed by atoms with E-state index in [9.17, 15) is 27.6 Å². The number of pyridine rings is 1. The summed E-state index contributed by atoms with van der Waals surface area (Å²) in [5.41, 5.74) is 1.93. The molecule has 2 aliphatic rings. The van der Waals surface area contributed by atoms with Crippen molar-refractivity contribution in [2.24, 2.45) is 5.41 Å². The Morgan fingerprint density at radius 2 is 1.73 bits per heavy atom. The van der Waals surface area contributed by atoms with Gasteiger partial charge in [0.2, 0.25) is 0 Å². The highest BCUT2D eigenvalue weighted by atomic mass is 19.4. The maximum atomic E-state index is 14.4. The van der Waals surface area contributed by atoms with Crippen LogP contribution in [-0.4, -0.2) is 34.0 Å². The van der Waals surface area contributed by atoms with E-state index in [4.69, 9.17) is 0 Å². The van der Waals surface area contributed by atoms with Crippen molar-refractivity contribution in [2.45, 2.75) is 65.8 Å². The molecule has 0 spiro atoms. The summed E-state index contributed by atoms with van der Waals surface area (Å²) in [4.78, 5) is 47.9. The Balaban J connectivity index is 1.62. The van der Waals surface area contributed by atoms with Gasteiger partial charge in [-0.05, 0) is 60.7 Å². The fraction of sp³-hybridized carbons (Fsp3) is 0.353. The van der Waals surface area contributed by atoms with Crippen LogP contribution >= 0.6 is 0 Å². The zero-order valence-corrected chi connectivity index (χ0v) is 25.3. The van der Waals surface area contributed by atoms with Crippen molar-refractivity contribution in [1.82, 2.24) is 15.2 Å². The molecule has 0 saturated carbocycles. The van der Waals surface area contributed by atoms with Crippen LogP contribution in [0.25, 0.3) is 0 Å². The standard InChI is InChI=1S/C34H35F3N4O3/c1-20-30(21(2)42)31(24-12-13-27(38-17-24)28-18-39-28)40(19-22-8-6-9-23(14-22)29(43)16-33(3,4)5)32(44)41(20)26-11-7-10-25(15-26)34(35,36)37/h6-15,17,28,31,39H,16,18-19H2,1-5H3. The van der Waals surface area contributed by atoms with E-state index in [1.54, 1.807) is 37.4 Å². The molecule has 3 aromatic rings. The van der Waals surface area contributed by atoms with Gasteiger partial charge in [-0.1, -0.05) is 51.1 Å². The first kappa shape index (κ1) is 31.1. The molecule has 44 heavy (non-hydrogen) atoms. The molecule has 5 rings (SSSR count). The summed E-state index contributed by atoms with van der Waals surface area (Å²) in [7, 11) is 0. The van der Waals surface area contributed by atoms with Crippen LogP contribution < -0.4 is 10.2 Å². The minimum Gasteiger partial charge on any atom is -0.308 e. The highest BCUT2D eigenvalue weighted by Crippen LogP contribution is 2.42. The Labute approximate surface area is 254 Å². The number of carbonyl (C=O) groups excluding carboxylic acids is 3. The molecule has 230 valence electrons. The molecule has 0 radical (unpaired) electrons. The number of amides is 2. The van der Waals surface area contributed by atoms with Gasteiger partial charge in [0.15, 0.2) is 11.6 Å². The first-order valence-corrected chi connectivity index (χ1v) is 14.4. The van der Waals surface area contributed by atoms with Crippen LogP contribution in [0.4, 0.5) is 23.7 Å². The summed E-state index contributed by atoms with van der Waals surface area (Å²) < 4.78 is 41.0. The van der Waals surface area contributed by atoms with Crippen molar-refractivity contribution in [2.75, 3.05) is 11.4 Å². The van der Waals surface area contributed by atoms with E-state index < -0.39 is 23.8 Å². The third-order valence-corrected chi connectivity index (χ3v) is 7.74. The molecule has 1 N–H and O–H groups in total. The second-order valence-corrected chi connectivity index (χ2v) is 12.6. The van der Waals surface area contributed by atoms with Gasteiger partial charge in [-0.25, -0.2) is 4.79 Å². The number of hydrogen-bond donors (Lipinski definition) is 1. The number of aromatic nitrogens is 1. The molecule has 1 fully saturated rings. The minimum atomic E-state index is -4.62. The molecule has 2 amide bonds. The topological polar surface area (TPSA) is 92.5 Å². The van der Waals surface area contributed by atoms with Crippen molar-refractivity contribution in [3.05, 3.63) is 106 Å². The SMILES string of the molecule is CC(=O)C1=C(C)N(c2cccc(C(F)(F)F)c2)C(=O)N(Cc2cccc(C(=O)CC(C)(C)C)c2)C1c1ccc(C2CN2)nc1. The number of urea groups is 1. The second kappa shape index (κ2) is 11.6. The molecule has 2 aromatic carbocycles. The van der Waals surface area contributed by atoms with Crippen molar-refractivity contribution >= 4 is 23.3 Å². The molecule has 2 atom stereocenters. The van der Waals surface area contributed by atoms with Crippen molar-refractivity contribution in [1.29, 1.82) is 0 Å². The normalized spacial score (nSPS) is 19.0. The number of alkyl halides is 3. The van der Waals surface area contributed by atoms with E-state index in [1.807, 2.05) is 32.9 Å². The van der Waals surface area contributed by atoms with Gasteiger partial charge >= 0.3 is 12.2 Å². The highest BCUT2D eigenvalue weighted by Gasteiger charge is 2.42. The van der Waals surface area contributed by atoms with Crippen LogP contribution in [0.3, 0.4) is 0 Å². The summed E-state index contributed by atoms with van der Waals surface area (Å²) in [6.07, 6.45) is -2.66. The van der Waals surface area contributed by atoms with Crippen LogP contribution in [0.15, 0.2) is 78.1 Å². The predicted octanol–water partition coefficient (Wildman–Crippen LogP) is 7.41. The van der Waals surface area contributed by atoms with Gasteiger partial charge in [0, 0.05) is 42.5 Å². The molecule has 10 heteroatoms. The Kier molecular flexibility index (Phi) is 8.24. The fourth-order valence-corrected chi connectivity index (χ4v) is 5.61. The van der Waals surface area contributed by atoms with Crippen LogP contribution in [0.5, 0.6) is 0 Å². The second-order valence-electron chi connectivity index (χ2n) is 12.6. The molecule has 1 aromatic heterocycles. The molecule has 0 aliphatic carbocycles. The largest absolute Gasteiger partial charge is 0.416 e.